The third-order valence-corrected chi connectivity index (χ3v) is 2.28. The fourth-order valence-corrected chi connectivity index (χ4v) is 1.50. The van der Waals surface area contributed by atoms with Gasteiger partial charge in [-0.05, 0) is 23.8 Å². The van der Waals surface area contributed by atoms with Gasteiger partial charge in [0, 0.05) is 18.0 Å². The lowest BCUT2D eigenvalue weighted by atomic mass is 10.0. The van der Waals surface area contributed by atoms with Crippen LogP contribution < -0.4 is 0 Å². The van der Waals surface area contributed by atoms with Crippen LogP contribution in [0.5, 0.6) is 0 Å². The minimum absolute atomic E-state index is 0.0556. The Morgan fingerprint density at radius 1 is 0.941 bits per heavy atom. The van der Waals surface area contributed by atoms with Crippen molar-refractivity contribution in [2.75, 3.05) is 0 Å². The smallest absolute Gasteiger partial charge is 0.264 e. The number of halogens is 4. The van der Waals surface area contributed by atoms with Gasteiger partial charge in [0.25, 0.3) is 0 Å². The molecule has 0 N–H and O–H groups in total. The van der Waals surface area contributed by atoms with E-state index in [-0.39, 0.29) is 11.1 Å². The topological polar surface area (TPSA) is 12.9 Å². The molecule has 1 nitrogen and oxygen atoms in total. The van der Waals surface area contributed by atoms with Gasteiger partial charge in [-0.15, -0.1) is 0 Å². The van der Waals surface area contributed by atoms with Crippen LogP contribution in [0.1, 0.15) is 5.56 Å². The van der Waals surface area contributed by atoms with E-state index in [9.17, 15) is 17.6 Å². The first kappa shape index (κ1) is 11.6. The first-order valence-corrected chi connectivity index (χ1v) is 4.75. The zero-order valence-corrected chi connectivity index (χ0v) is 8.50. The molecule has 1 aromatic heterocycles. The lowest BCUT2D eigenvalue weighted by Gasteiger charge is -2.11. The van der Waals surface area contributed by atoms with Crippen LogP contribution in [0.3, 0.4) is 0 Å². The number of pyridine rings is 1. The van der Waals surface area contributed by atoms with Crippen LogP contribution in [-0.4, -0.2) is 4.98 Å². The summed E-state index contributed by atoms with van der Waals surface area (Å²) in [6.07, 6.45) is -2.25. The summed E-state index contributed by atoms with van der Waals surface area (Å²) >= 11 is 0. The molecule has 1 heterocycles. The molecule has 88 valence electrons. The highest BCUT2D eigenvalue weighted by molar-refractivity contribution is 5.66. The fourth-order valence-electron chi connectivity index (χ4n) is 1.50. The van der Waals surface area contributed by atoms with Crippen LogP contribution in [0.2, 0.25) is 0 Å². The number of alkyl halides is 3. The minimum Gasteiger partial charge on any atom is -0.264 e. The van der Waals surface area contributed by atoms with E-state index in [4.69, 9.17) is 0 Å². The van der Waals surface area contributed by atoms with Crippen LogP contribution >= 0.6 is 0 Å². The molecule has 1 aromatic carbocycles. The van der Waals surface area contributed by atoms with Crippen LogP contribution in [0, 0.1) is 5.82 Å². The number of aromatic nitrogens is 1. The summed E-state index contributed by atoms with van der Waals surface area (Å²) in [4.78, 5) is 3.66. The Morgan fingerprint density at radius 2 is 1.59 bits per heavy atom. The average Bonchev–Trinajstić information content (AvgIpc) is 2.29. The lowest BCUT2D eigenvalue weighted by Crippen LogP contribution is -2.07. The van der Waals surface area contributed by atoms with Crippen molar-refractivity contribution in [1.82, 2.24) is 4.98 Å². The lowest BCUT2D eigenvalue weighted by molar-refractivity contribution is -0.137. The van der Waals surface area contributed by atoms with Gasteiger partial charge >= 0.3 is 6.18 Å². The Balaban J connectivity index is 2.56. The molecule has 0 amide bonds. The average molecular weight is 241 g/mol. The van der Waals surface area contributed by atoms with Crippen molar-refractivity contribution >= 4 is 0 Å². The quantitative estimate of drug-likeness (QED) is 0.690. The van der Waals surface area contributed by atoms with Gasteiger partial charge in [-0.1, -0.05) is 12.1 Å². The van der Waals surface area contributed by atoms with Gasteiger partial charge in [-0.3, -0.25) is 4.98 Å². The monoisotopic (exact) mass is 241 g/mol. The molecule has 2 rings (SSSR count). The van der Waals surface area contributed by atoms with Crippen molar-refractivity contribution in [1.29, 1.82) is 0 Å². The molecule has 0 unspecified atom stereocenters. The summed E-state index contributed by atoms with van der Waals surface area (Å²) < 4.78 is 50.8. The van der Waals surface area contributed by atoms with E-state index in [1.165, 1.54) is 12.1 Å². The van der Waals surface area contributed by atoms with Crippen LogP contribution in [0.4, 0.5) is 17.6 Å². The number of nitrogens with zero attached hydrogens (tertiary/aromatic N) is 1. The van der Waals surface area contributed by atoms with Gasteiger partial charge in [-0.2, -0.15) is 13.2 Å². The Kier molecular flexibility index (Phi) is 2.83. The molecule has 5 heteroatoms. The largest absolute Gasteiger partial charge is 0.417 e. The van der Waals surface area contributed by atoms with E-state index >= 15 is 0 Å². The van der Waals surface area contributed by atoms with E-state index in [0.29, 0.717) is 0 Å². The molecule has 0 radical (unpaired) electrons. The second kappa shape index (κ2) is 4.16. The highest BCUT2D eigenvalue weighted by atomic mass is 19.4. The molecular formula is C12H7F4N. The number of rotatable bonds is 1. The Hall–Kier alpha value is -1.91. The first-order valence-electron chi connectivity index (χ1n) is 4.75. The molecule has 0 atom stereocenters. The molecule has 0 aliphatic heterocycles. The maximum atomic E-state index is 12.7. The highest BCUT2D eigenvalue weighted by Crippen LogP contribution is 2.36. The van der Waals surface area contributed by atoms with Gasteiger partial charge in [0.05, 0.1) is 5.56 Å². The Morgan fingerprint density at radius 3 is 2.18 bits per heavy atom. The normalized spacial score (nSPS) is 11.5. The first-order chi connectivity index (χ1) is 7.98. The molecule has 0 aliphatic carbocycles. The van der Waals surface area contributed by atoms with E-state index in [1.54, 1.807) is 0 Å². The van der Waals surface area contributed by atoms with Crippen molar-refractivity contribution in [2.45, 2.75) is 6.18 Å². The summed E-state index contributed by atoms with van der Waals surface area (Å²) in [5, 5.41) is 0. The van der Waals surface area contributed by atoms with Gasteiger partial charge in [-0.25, -0.2) is 4.39 Å². The van der Waals surface area contributed by atoms with Crippen molar-refractivity contribution in [2.24, 2.45) is 0 Å². The molecule has 2 aromatic rings. The molecule has 0 saturated heterocycles. The SMILES string of the molecule is Fc1ccc(-c2cnccc2C(F)(F)F)cc1. The van der Waals surface area contributed by atoms with E-state index in [2.05, 4.69) is 4.98 Å². The van der Waals surface area contributed by atoms with Crippen molar-refractivity contribution in [3.63, 3.8) is 0 Å². The third kappa shape index (κ3) is 2.43. The van der Waals surface area contributed by atoms with Crippen molar-refractivity contribution in [3.05, 3.63) is 54.1 Å². The van der Waals surface area contributed by atoms with E-state index < -0.39 is 17.6 Å². The molecule has 17 heavy (non-hydrogen) atoms. The number of hydrogen-bond acceptors (Lipinski definition) is 1. The minimum atomic E-state index is -4.45. The summed E-state index contributed by atoms with van der Waals surface area (Å²) in [5.74, 6) is -0.494. The zero-order valence-electron chi connectivity index (χ0n) is 8.50. The van der Waals surface area contributed by atoms with E-state index in [1.807, 2.05) is 0 Å². The Bertz CT molecular complexity index is 517. The second-order valence-corrected chi connectivity index (χ2v) is 3.43. The van der Waals surface area contributed by atoms with Crippen LogP contribution in [-0.2, 0) is 6.18 Å². The summed E-state index contributed by atoms with van der Waals surface area (Å²) in [6, 6.07) is 5.72. The van der Waals surface area contributed by atoms with Crippen molar-refractivity contribution < 1.29 is 17.6 Å². The molecule has 0 bridgehead atoms. The molecule has 0 aliphatic rings. The predicted octanol–water partition coefficient (Wildman–Crippen LogP) is 3.91. The highest BCUT2D eigenvalue weighted by Gasteiger charge is 2.33. The molecular weight excluding hydrogens is 234 g/mol. The van der Waals surface area contributed by atoms with Gasteiger partial charge < -0.3 is 0 Å². The maximum Gasteiger partial charge on any atom is 0.417 e. The summed E-state index contributed by atoms with van der Waals surface area (Å²) in [7, 11) is 0. The number of benzene rings is 1. The summed E-state index contributed by atoms with van der Waals surface area (Å²) in [5.41, 5.74) is -0.550. The standard InChI is InChI=1S/C12H7F4N/c13-9-3-1-8(2-4-9)10-7-17-6-5-11(10)12(14,15)16/h1-7H. The third-order valence-electron chi connectivity index (χ3n) is 2.28. The predicted molar refractivity (Wildman–Crippen MR) is 54.6 cm³/mol. The Labute approximate surface area is 94.7 Å². The van der Waals surface area contributed by atoms with Gasteiger partial charge in [0.2, 0.25) is 0 Å². The van der Waals surface area contributed by atoms with Gasteiger partial charge in [0.1, 0.15) is 5.82 Å². The summed E-state index contributed by atoms with van der Waals surface area (Å²) in [6.45, 7) is 0. The van der Waals surface area contributed by atoms with Crippen LogP contribution in [0.15, 0.2) is 42.7 Å². The maximum absolute atomic E-state index is 12.7. The van der Waals surface area contributed by atoms with E-state index in [0.717, 1.165) is 30.6 Å². The zero-order chi connectivity index (χ0) is 12.5. The second-order valence-electron chi connectivity index (χ2n) is 3.43. The van der Waals surface area contributed by atoms with Crippen molar-refractivity contribution in [3.8, 4) is 11.1 Å². The molecule has 0 saturated carbocycles. The van der Waals surface area contributed by atoms with Crippen LogP contribution in [0.25, 0.3) is 11.1 Å². The molecule has 0 spiro atoms. The van der Waals surface area contributed by atoms with Gasteiger partial charge in [0.15, 0.2) is 0 Å². The fraction of sp³-hybridized carbons (Fsp3) is 0.0833. The molecule has 0 fully saturated rings. The number of hydrogen-bond donors (Lipinski definition) is 0.